The van der Waals surface area contributed by atoms with Crippen LogP contribution in [0.2, 0.25) is 0 Å². The smallest absolute Gasteiger partial charge is 0.204 e. The van der Waals surface area contributed by atoms with Crippen LogP contribution in [-0.2, 0) is 0 Å². The minimum Gasteiger partial charge on any atom is -0.204 e. The van der Waals surface area contributed by atoms with Crippen molar-refractivity contribution in [3.8, 4) is 0 Å². The van der Waals surface area contributed by atoms with Crippen molar-refractivity contribution >= 4 is 22.6 Å². The SMILES string of the molecule is Cc1cccc(I)[nH+]1. The zero-order valence-corrected chi connectivity index (χ0v) is 6.77. The van der Waals surface area contributed by atoms with Gasteiger partial charge in [0.25, 0.3) is 0 Å². The molecule has 1 aromatic heterocycles. The number of pyridine rings is 1. The molecule has 0 saturated carbocycles. The molecule has 0 aromatic carbocycles. The Morgan fingerprint density at radius 1 is 1.50 bits per heavy atom. The number of halogens is 1. The zero-order valence-electron chi connectivity index (χ0n) is 4.61. The summed E-state index contributed by atoms with van der Waals surface area (Å²) in [5, 5.41) is 0. The summed E-state index contributed by atoms with van der Waals surface area (Å²) in [7, 11) is 0. The Morgan fingerprint density at radius 2 is 2.25 bits per heavy atom. The molecular formula is C6H7IN+. The first kappa shape index (κ1) is 6.01. The predicted octanol–water partition coefficient (Wildman–Crippen LogP) is 1.41. The van der Waals surface area contributed by atoms with E-state index in [0.717, 1.165) is 0 Å². The molecule has 0 aliphatic rings. The number of H-pyrrole nitrogens is 1. The van der Waals surface area contributed by atoms with Gasteiger partial charge in [0.1, 0.15) is 0 Å². The van der Waals surface area contributed by atoms with Gasteiger partial charge in [-0.05, 0) is 6.07 Å². The van der Waals surface area contributed by atoms with E-state index >= 15 is 0 Å². The Balaban J connectivity index is 3.08. The third kappa shape index (κ3) is 1.43. The van der Waals surface area contributed by atoms with Crippen molar-refractivity contribution in [1.82, 2.24) is 0 Å². The lowest BCUT2D eigenvalue weighted by molar-refractivity contribution is -0.403. The number of aromatic amines is 1. The van der Waals surface area contributed by atoms with Crippen LogP contribution in [0, 0.1) is 10.6 Å². The maximum Gasteiger partial charge on any atom is 0.239 e. The zero-order chi connectivity index (χ0) is 5.98. The second-order valence-corrected chi connectivity index (χ2v) is 2.84. The minimum absolute atomic E-state index is 1.18. The molecule has 2 heteroatoms. The molecule has 0 aliphatic carbocycles. The van der Waals surface area contributed by atoms with Crippen molar-refractivity contribution in [2.45, 2.75) is 6.92 Å². The third-order valence-corrected chi connectivity index (χ3v) is 1.53. The highest BCUT2D eigenvalue weighted by molar-refractivity contribution is 14.1. The standard InChI is InChI=1S/C6H6IN/c1-5-3-2-4-6(7)8-5/h2-4H,1H3/p+1. The second-order valence-electron chi connectivity index (χ2n) is 1.68. The summed E-state index contributed by atoms with van der Waals surface area (Å²) >= 11 is 2.25. The van der Waals surface area contributed by atoms with E-state index in [-0.39, 0.29) is 0 Å². The maximum absolute atomic E-state index is 3.16. The number of aryl methyl sites for hydroxylation is 1. The van der Waals surface area contributed by atoms with Crippen molar-refractivity contribution in [3.63, 3.8) is 0 Å². The molecule has 1 N–H and O–H groups in total. The Kier molecular flexibility index (Phi) is 1.83. The van der Waals surface area contributed by atoms with Crippen molar-refractivity contribution < 1.29 is 4.98 Å². The van der Waals surface area contributed by atoms with Crippen LogP contribution < -0.4 is 4.98 Å². The second kappa shape index (κ2) is 2.44. The minimum atomic E-state index is 1.18. The van der Waals surface area contributed by atoms with Crippen LogP contribution in [-0.4, -0.2) is 0 Å². The number of rotatable bonds is 0. The summed E-state index contributed by atoms with van der Waals surface area (Å²) in [4.78, 5) is 3.16. The lowest BCUT2D eigenvalue weighted by atomic mass is 10.4. The van der Waals surface area contributed by atoms with E-state index < -0.39 is 0 Å². The molecular weight excluding hydrogens is 213 g/mol. The molecule has 0 unspecified atom stereocenters. The summed E-state index contributed by atoms with van der Waals surface area (Å²) in [5.41, 5.74) is 1.21. The summed E-state index contributed by atoms with van der Waals surface area (Å²) in [6.45, 7) is 2.04. The van der Waals surface area contributed by atoms with Gasteiger partial charge in [0.05, 0.1) is 0 Å². The Labute approximate surface area is 62.3 Å². The van der Waals surface area contributed by atoms with Crippen molar-refractivity contribution in [3.05, 3.63) is 27.6 Å². The quantitative estimate of drug-likeness (QED) is 0.463. The lowest BCUT2D eigenvalue weighted by Gasteiger charge is -1.80. The van der Waals surface area contributed by atoms with Crippen LogP contribution in [0.3, 0.4) is 0 Å². The molecule has 1 nitrogen and oxygen atoms in total. The van der Waals surface area contributed by atoms with Crippen molar-refractivity contribution in [2.75, 3.05) is 0 Å². The number of hydrogen-bond acceptors (Lipinski definition) is 0. The van der Waals surface area contributed by atoms with E-state index in [9.17, 15) is 0 Å². The molecule has 1 heterocycles. The predicted molar refractivity (Wildman–Crippen MR) is 40.5 cm³/mol. The highest BCUT2D eigenvalue weighted by Crippen LogP contribution is 1.94. The molecule has 0 bridgehead atoms. The third-order valence-electron chi connectivity index (χ3n) is 0.905. The van der Waals surface area contributed by atoms with Gasteiger partial charge in [-0.3, -0.25) is 0 Å². The Morgan fingerprint density at radius 3 is 2.62 bits per heavy atom. The summed E-state index contributed by atoms with van der Waals surface area (Å²) in [5.74, 6) is 0. The number of nitrogens with one attached hydrogen (secondary N) is 1. The molecule has 0 radical (unpaired) electrons. The monoisotopic (exact) mass is 220 g/mol. The van der Waals surface area contributed by atoms with Crippen molar-refractivity contribution in [2.24, 2.45) is 0 Å². The normalized spacial score (nSPS) is 9.25. The van der Waals surface area contributed by atoms with Gasteiger partial charge in [-0.2, -0.15) is 0 Å². The Hall–Kier alpha value is -0.120. The largest absolute Gasteiger partial charge is 0.239 e. The number of aromatic nitrogens is 1. The first-order valence-electron chi connectivity index (χ1n) is 2.43. The fourth-order valence-electron chi connectivity index (χ4n) is 0.549. The van der Waals surface area contributed by atoms with Crippen LogP contribution in [0.4, 0.5) is 0 Å². The van der Waals surface area contributed by atoms with E-state index in [2.05, 4.69) is 27.6 Å². The first-order chi connectivity index (χ1) is 3.79. The maximum atomic E-state index is 3.16. The highest BCUT2D eigenvalue weighted by atomic mass is 127. The fraction of sp³-hybridized carbons (Fsp3) is 0.167. The van der Waals surface area contributed by atoms with E-state index in [0.29, 0.717) is 0 Å². The van der Waals surface area contributed by atoms with Crippen molar-refractivity contribution in [1.29, 1.82) is 0 Å². The van der Waals surface area contributed by atoms with Crippen LogP contribution in [0.1, 0.15) is 5.69 Å². The Bertz CT molecular complexity index is 168. The molecule has 42 valence electrons. The van der Waals surface area contributed by atoms with Gasteiger partial charge in [-0.15, -0.1) is 0 Å². The summed E-state index contributed by atoms with van der Waals surface area (Å²) in [6.07, 6.45) is 0. The van der Waals surface area contributed by atoms with Gasteiger partial charge in [0.15, 0.2) is 5.69 Å². The van der Waals surface area contributed by atoms with Gasteiger partial charge in [0.2, 0.25) is 3.70 Å². The van der Waals surface area contributed by atoms with Crippen LogP contribution in [0.15, 0.2) is 18.2 Å². The lowest BCUT2D eigenvalue weighted by Crippen LogP contribution is -2.09. The molecule has 1 rings (SSSR count). The van der Waals surface area contributed by atoms with Gasteiger partial charge in [0, 0.05) is 41.6 Å². The van der Waals surface area contributed by atoms with Crippen LogP contribution in [0.25, 0.3) is 0 Å². The molecule has 8 heavy (non-hydrogen) atoms. The van der Waals surface area contributed by atoms with Gasteiger partial charge >= 0.3 is 0 Å². The summed E-state index contributed by atoms with van der Waals surface area (Å²) < 4.78 is 1.18. The average molecular weight is 220 g/mol. The number of hydrogen-bond donors (Lipinski definition) is 0. The molecule has 0 amide bonds. The average Bonchev–Trinajstić information content (AvgIpc) is 1.64. The molecule has 0 fully saturated rings. The van der Waals surface area contributed by atoms with Crippen LogP contribution >= 0.6 is 22.6 Å². The molecule has 0 aliphatic heterocycles. The van der Waals surface area contributed by atoms with Gasteiger partial charge < -0.3 is 0 Å². The van der Waals surface area contributed by atoms with E-state index in [4.69, 9.17) is 0 Å². The van der Waals surface area contributed by atoms with E-state index in [1.54, 1.807) is 0 Å². The first-order valence-corrected chi connectivity index (χ1v) is 3.51. The molecule has 1 aromatic rings. The highest BCUT2D eigenvalue weighted by Gasteiger charge is 1.92. The van der Waals surface area contributed by atoms with Gasteiger partial charge in [-0.25, -0.2) is 4.98 Å². The molecule has 0 saturated heterocycles. The summed E-state index contributed by atoms with van der Waals surface area (Å²) in [6, 6.07) is 6.11. The molecule has 0 atom stereocenters. The van der Waals surface area contributed by atoms with E-state index in [1.165, 1.54) is 9.39 Å². The fourth-order valence-corrected chi connectivity index (χ4v) is 1.18. The van der Waals surface area contributed by atoms with E-state index in [1.807, 2.05) is 25.1 Å². The topological polar surface area (TPSA) is 14.1 Å². The van der Waals surface area contributed by atoms with Gasteiger partial charge in [-0.1, -0.05) is 0 Å². The van der Waals surface area contributed by atoms with Crippen LogP contribution in [0.5, 0.6) is 0 Å². The molecule has 0 spiro atoms.